The number of hydrogen-bond donors (Lipinski definition) is 2. The highest BCUT2D eigenvalue weighted by atomic mass is 35.5. The number of rotatable bonds is 6. The van der Waals surface area contributed by atoms with E-state index in [0.29, 0.717) is 29.0 Å². The number of aromatic nitrogens is 3. The molecule has 2 aromatic rings. The lowest BCUT2D eigenvalue weighted by molar-refractivity contribution is 0.0940. The summed E-state index contributed by atoms with van der Waals surface area (Å²) in [5.41, 5.74) is 6.73. The number of para-hydroxylation sites is 1. The number of hydrogen-bond acceptors (Lipinski definition) is 4. The van der Waals surface area contributed by atoms with E-state index in [-0.39, 0.29) is 36.1 Å². The monoisotopic (exact) mass is 383 g/mol. The molecule has 8 heteroatoms. The fourth-order valence-electron chi connectivity index (χ4n) is 2.58. The largest absolute Gasteiger partial charge is 0.348 e. The van der Waals surface area contributed by atoms with Gasteiger partial charge in [0.25, 0.3) is 5.91 Å². The molecule has 136 valence electrons. The standard InChI is InChI=1S/C17H22ClN5O.ClH/c1-10(2)16-21-15(17(24)20-9-13(19)11-7-8-11)22-23(16)14-6-4-3-5-12(14)18;/h3-6,10-11,13H,7-9,19H2,1-2H3,(H,20,24);1H. The first kappa shape index (κ1) is 19.7. The van der Waals surface area contributed by atoms with Gasteiger partial charge in [0, 0.05) is 18.5 Å². The molecule has 1 fully saturated rings. The number of nitrogens with zero attached hydrogens (tertiary/aromatic N) is 3. The minimum absolute atomic E-state index is 0. The molecule has 25 heavy (non-hydrogen) atoms. The second kappa shape index (κ2) is 8.17. The summed E-state index contributed by atoms with van der Waals surface area (Å²) >= 11 is 6.26. The number of amides is 1. The minimum Gasteiger partial charge on any atom is -0.348 e. The Bertz CT molecular complexity index is 742. The fraction of sp³-hybridized carbons (Fsp3) is 0.471. The molecule has 1 atom stereocenters. The molecule has 1 amide bonds. The van der Waals surface area contributed by atoms with Gasteiger partial charge in [-0.1, -0.05) is 37.6 Å². The third kappa shape index (κ3) is 4.51. The Hall–Kier alpha value is -1.63. The maximum Gasteiger partial charge on any atom is 0.291 e. The summed E-state index contributed by atoms with van der Waals surface area (Å²) in [6, 6.07) is 7.38. The molecule has 1 aromatic heterocycles. The van der Waals surface area contributed by atoms with E-state index in [0.717, 1.165) is 12.8 Å². The average Bonchev–Trinajstić information content (AvgIpc) is 3.31. The van der Waals surface area contributed by atoms with Crippen LogP contribution >= 0.6 is 24.0 Å². The van der Waals surface area contributed by atoms with Crippen LogP contribution in [0.2, 0.25) is 5.02 Å². The SMILES string of the molecule is CC(C)c1nc(C(=O)NCC(N)C2CC2)nn1-c1ccccc1Cl.Cl. The lowest BCUT2D eigenvalue weighted by atomic mass is 10.2. The molecule has 0 saturated heterocycles. The second-order valence-electron chi connectivity index (χ2n) is 6.52. The summed E-state index contributed by atoms with van der Waals surface area (Å²) in [6.07, 6.45) is 2.29. The number of nitrogens with two attached hydrogens (primary N) is 1. The topological polar surface area (TPSA) is 85.8 Å². The van der Waals surface area contributed by atoms with Crippen molar-refractivity contribution in [2.24, 2.45) is 11.7 Å². The van der Waals surface area contributed by atoms with E-state index in [4.69, 9.17) is 17.3 Å². The molecule has 3 rings (SSSR count). The van der Waals surface area contributed by atoms with Crippen molar-refractivity contribution < 1.29 is 4.79 Å². The molecular formula is C17H23Cl2N5O. The van der Waals surface area contributed by atoms with Crippen LogP contribution in [0, 0.1) is 5.92 Å². The van der Waals surface area contributed by atoms with Gasteiger partial charge < -0.3 is 11.1 Å². The van der Waals surface area contributed by atoms with Crippen LogP contribution < -0.4 is 11.1 Å². The first-order valence-electron chi connectivity index (χ1n) is 8.23. The van der Waals surface area contributed by atoms with Crippen LogP contribution in [-0.4, -0.2) is 33.3 Å². The summed E-state index contributed by atoms with van der Waals surface area (Å²) in [7, 11) is 0. The number of carbonyl (C=O) groups is 1. The maximum absolute atomic E-state index is 12.4. The van der Waals surface area contributed by atoms with Crippen molar-refractivity contribution >= 4 is 29.9 Å². The van der Waals surface area contributed by atoms with Crippen molar-refractivity contribution in [1.82, 2.24) is 20.1 Å². The van der Waals surface area contributed by atoms with Crippen molar-refractivity contribution in [1.29, 1.82) is 0 Å². The van der Waals surface area contributed by atoms with Crippen molar-refractivity contribution in [3.63, 3.8) is 0 Å². The first-order valence-corrected chi connectivity index (χ1v) is 8.60. The van der Waals surface area contributed by atoms with Crippen LogP contribution in [0.15, 0.2) is 24.3 Å². The lowest BCUT2D eigenvalue weighted by Gasteiger charge is -2.10. The molecule has 0 spiro atoms. The molecule has 3 N–H and O–H groups in total. The van der Waals surface area contributed by atoms with Crippen molar-refractivity contribution in [2.75, 3.05) is 6.54 Å². The van der Waals surface area contributed by atoms with Gasteiger partial charge in [0.15, 0.2) is 0 Å². The number of carbonyl (C=O) groups excluding carboxylic acids is 1. The first-order chi connectivity index (χ1) is 11.5. The van der Waals surface area contributed by atoms with Gasteiger partial charge >= 0.3 is 0 Å². The van der Waals surface area contributed by atoms with Crippen molar-refractivity contribution in [2.45, 2.75) is 38.6 Å². The van der Waals surface area contributed by atoms with Crippen molar-refractivity contribution in [3.8, 4) is 5.69 Å². The third-order valence-corrected chi connectivity index (χ3v) is 4.48. The van der Waals surface area contributed by atoms with E-state index >= 15 is 0 Å². The minimum atomic E-state index is -0.307. The van der Waals surface area contributed by atoms with Gasteiger partial charge in [-0.3, -0.25) is 4.79 Å². The summed E-state index contributed by atoms with van der Waals surface area (Å²) in [5, 5.41) is 7.76. The summed E-state index contributed by atoms with van der Waals surface area (Å²) < 4.78 is 1.64. The molecule has 0 radical (unpaired) electrons. The van der Waals surface area contributed by atoms with Gasteiger partial charge in [-0.05, 0) is 30.9 Å². The highest BCUT2D eigenvalue weighted by Crippen LogP contribution is 2.31. The Kier molecular flexibility index (Phi) is 6.43. The predicted molar refractivity (Wildman–Crippen MR) is 101 cm³/mol. The lowest BCUT2D eigenvalue weighted by Crippen LogP contribution is -2.39. The van der Waals surface area contributed by atoms with Gasteiger partial charge in [-0.15, -0.1) is 17.5 Å². The number of benzene rings is 1. The van der Waals surface area contributed by atoms with Crippen LogP contribution in [0.1, 0.15) is 49.1 Å². The molecule has 1 aliphatic carbocycles. The fourth-order valence-corrected chi connectivity index (χ4v) is 2.79. The van der Waals surface area contributed by atoms with Crippen molar-refractivity contribution in [3.05, 3.63) is 40.9 Å². The zero-order valence-electron chi connectivity index (χ0n) is 14.3. The van der Waals surface area contributed by atoms with E-state index in [2.05, 4.69) is 15.4 Å². The van der Waals surface area contributed by atoms with Crippen LogP contribution in [0.5, 0.6) is 0 Å². The zero-order chi connectivity index (χ0) is 17.3. The highest BCUT2D eigenvalue weighted by molar-refractivity contribution is 6.32. The van der Waals surface area contributed by atoms with E-state index in [1.165, 1.54) is 0 Å². The summed E-state index contributed by atoms with van der Waals surface area (Å²) in [5.74, 6) is 1.16. The Morgan fingerprint density at radius 2 is 2.08 bits per heavy atom. The average molecular weight is 384 g/mol. The molecule has 1 unspecified atom stereocenters. The molecule has 1 heterocycles. The Morgan fingerprint density at radius 1 is 1.40 bits per heavy atom. The predicted octanol–water partition coefficient (Wildman–Crippen LogP) is 2.93. The molecule has 6 nitrogen and oxygen atoms in total. The highest BCUT2D eigenvalue weighted by Gasteiger charge is 2.29. The van der Waals surface area contributed by atoms with Crippen LogP contribution in [-0.2, 0) is 0 Å². The Labute approximate surface area is 158 Å². The van der Waals surface area contributed by atoms with Crippen LogP contribution in [0.4, 0.5) is 0 Å². The normalized spacial score (nSPS) is 14.9. The number of nitrogens with one attached hydrogen (secondary N) is 1. The van der Waals surface area contributed by atoms with Crippen LogP contribution in [0.3, 0.4) is 0 Å². The van der Waals surface area contributed by atoms with E-state index in [1.807, 2.05) is 32.0 Å². The van der Waals surface area contributed by atoms with Gasteiger partial charge in [-0.25, -0.2) is 9.67 Å². The molecule has 1 aromatic carbocycles. The number of halogens is 2. The van der Waals surface area contributed by atoms with Crippen LogP contribution in [0.25, 0.3) is 5.69 Å². The molecule has 0 bridgehead atoms. The van der Waals surface area contributed by atoms with Gasteiger partial charge in [0.1, 0.15) is 5.82 Å². The Balaban J connectivity index is 0.00000225. The van der Waals surface area contributed by atoms with Gasteiger partial charge in [0.2, 0.25) is 5.82 Å². The molecular weight excluding hydrogens is 361 g/mol. The maximum atomic E-state index is 12.4. The van der Waals surface area contributed by atoms with E-state index in [9.17, 15) is 4.79 Å². The molecule has 1 saturated carbocycles. The quantitative estimate of drug-likeness (QED) is 0.802. The second-order valence-corrected chi connectivity index (χ2v) is 6.93. The molecule has 0 aliphatic heterocycles. The zero-order valence-corrected chi connectivity index (χ0v) is 15.8. The summed E-state index contributed by atoms with van der Waals surface area (Å²) in [4.78, 5) is 16.8. The van der Waals surface area contributed by atoms with Gasteiger partial charge in [0.05, 0.1) is 10.7 Å². The smallest absolute Gasteiger partial charge is 0.291 e. The van der Waals surface area contributed by atoms with E-state index in [1.54, 1.807) is 10.7 Å². The van der Waals surface area contributed by atoms with E-state index < -0.39 is 0 Å². The Morgan fingerprint density at radius 3 is 2.68 bits per heavy atom. The third-order valence-electron chi connectivity index (χ3n) is 4.16. The van der Waals surface area contributed by atoms with Gasteiger partial charge in [-0.2, -0.15) is 0 Å². The summed E-state index contributed by atoms with van der Waals surface area (Å²) in [6.45, 7) is 4.45. The molecule has 1 aliphatic rings.